The van der Waals surface area contributed by atoms with Crippen molar-refractivity contribution in [1.29, 1.82) is 0 Å². The zero-order valence-electron chi connectivity index (χ0n) is 79.8. The zero-order chi connectivity index (χ0) is 100. The molecule has 20 unspecified atom stereocenters. The molecule has 0 spiro atoms. The number of aldehydes is 5. The Labute approximate surface area is 815 Å². The van der Waals surface area contributed by atoms with Crippen LogP contribution in [0.2, 0.25) is 0 Å². The number of nitrogens with one attached hydrogen (secondary N) is 6. The lowest BCUT2D eigenvalue weighted by Gasteiger charge is -2.38. The predicted molar refractivity (Wildman–Crippen MR) is 490 cm³/mol. The number of carbonyl (C=O) groups excluding carboxylic acids is 25. The van der Waals surface area contributed by atoms with Gasteiger partial charge in [0.15, 0.2) is 0 Å². The van der Waals surface area contributed by atoms with Crippen molar-refractivity contribution in [3.8, 4) is 0 Å². The van der Waals surface area contributed by atoms with Gasteiger partial charge in [-0.1, -0.05) is 0 Å². The van der Waals surface area contributed by atoms with E-state index >= 15 is 52.7 Å². The maximum atomic E-state index is 15.8. The monoisotopic (exact) mass is 1970 g/mol. The molecule has 15 aliphatic heterocycles. The van der Waals surface area contributed by atoms with E-state index in [0.29, 0.717) is 95.8 Å². The van der Waals surface area contributed by atoms with E-state index in [-0.39, 0.29) is 258 Å². The van der Waals surface area contributed by atoms with Gasteiger partial charge in [0.1, 0.15) is 116 Å². The molecule has 0 aromatic carbocycles. The summed E-state index contributed by atoms with van der Waals surface area (Å²) in [5.74, 6) is -11.5. The quantitative estimate of drug-likeness (QED) is 0.0291. The summed E-state index contributed by atoms with van der Waals surface area (Å²) in [6, 6.07) is -21.1. The third-order valence-corrected chi connectivity index (χ3v) is 31.4. The van der Waals surface area contributed by atoms with Crippen LogP contribution < -0.4 is 37.6 Å². The van der Waals surface area contributed by atoms with Crippen molar-refractivity contribution in [2.75, 3.05) is 98.2 Å². The summed E-state index contributed by atoms with van der Waals surface area (Å²) in [5.41, 5.74) is 5.73. The van der Waals surface area contributed by atoms with Gasteiger partial charge < -0.3 is 130 Å². The molecule has 0 aromatic heterocycles. The summed E-state index contributed by atoms with van der Waals surface area (Å²) in [5, 5.41) is 17.5. The standard InChI is InChI=1S/C95H133N21O25/c96-81(127)62-17-2-32-103(62)91(137)72-47-57(99-77(123)27-12-42-118)52-113(72)87(133)67-22-7-33-104(67)84(130)64-19-4-38-109(64)93(139)74-49-59(101-79(125)29-14-44-120)54-115(74)89(135)69-24-9-35-106(69)86(132)66-21-6-40-111(66)95(141)75-50-60(102-80(126)30-15-45-121)55-116(75)90(136)70-25-10-36-107(70)85(131)65-20-5-39-110(65)94(140)73-48-58(100-78(124)28-13-43-119)53-114(73)88(134)68-23-8-34-105(68)83(129)63-18-3-37-108(63)92(138)71-46-56(98-76(122)26-11-41-117)51-112(71)82(128)61-16-1-31-97-61/h41-45,56-75,97H,1-40,46-55H2,(H2,96,127)(H,98,122)(H,99,123)(H,100,124)(H,101,125)(H,102,126). The average molecular weight is 1970 g/mol. The Kier molecular flexibility index (Phi) is 33.8. The number of primary amides is 1. The molecular weight excluding hydrogens is 1840 g/mol. The summed E-state index contributed by atoms with van der Waals surface area (Å²) >= 11 is 0. The van der Waals surface area contributed by atoms with Gasteiger partial charge in [-0.25, -0.2) is 0 Å². The first-order valence-corrected chi connectivity index (χ1v) is 50.9. The van der Waals surface area contributed by atoms with Crippen LogP contribution in [0.4, 0.5) is 0 Å². The molecule has 20 amide bonds. The lowest BCUT2D eigenvalue weighted by Crippen LogP contribution is -2.60. The molecule has 0 saturated carbocycles. The second-order valence-electron chi connectivity index (χ2n) is 40.3. The molecule has 8 N–H and O–H groups in total. The van der Waals surface area contributed by atoms with E-state index in [4.69, 9.17) is 5.73 Å². The predicted octanol–water partition coefficient (Wildman–Crippen LogP) is -5.53. The van der Waals surface area contributed by atoms with E-state index < -0.39 is 233 Å². The van der Waals surface area contributed by atoms with Crippen LogP contribution >= 0.6 is 0 Å². The molecule has 15 rings (SSSR count). The SMILES string of the molecule is NC(=O)C1CCCN1C(=O)C1CC(NC(=O)CCC=O)CN1C(=O)C1CCCN1C(=O)C1CCCN1C(=O)C1CC(NC(=O)CCC=O)CN1C(=O)C1CCCN1C(=O)C1CCCN1C(=O)C1CC(NC(=O)CCC=O)CN1C(=O)C1CCCN1C(=O)C1CCCN1C(=O)C1CC(NC(=O)CCC=O)CN1C(=O)C1CCCN1C(=O)C1CCCN1C(=O)C1CC(NC(=O)CCC=O)CN1C(=O)C1CCCN1. The lowest BCUT2D eigenvalue weighted by molar-refractivity contribution is -0.156. The van der Waals surface area contributed by atoms with Crippen LogP contribution in [0, 0.1) is 0 Å². The highest BCUT2D eigenvalue weighted by molar-refractivity contribution is 6.03. The molecule has 15 heterocycles. The molecule has 46 nitrogen and oxygen atoms in total. The number of hydrogen-bond acceptors (Lipinski definition) is 26. The van der Waals surface area contributed by atoms with Crippen molar-refractivity contribution in [3.63, 3.8) is 0 Å². The molecule has 141 heavy (non-hydrogen) atoms. The largest absolute Gasteiger partial charge is 0.368 e. The fourth-order valence-corrected chi connectivity index (χ4v) is 24.7. The number of carbonyl (C=O) groups is 25. The van der Waals surface area contributed by atoms with E-state index in [9.17, 15) is 67.1 Å². The van der Waals surface area contributed by atoms with Crippen molar-refractivity contribution >= 4 is 150 Å². The van der Waals surface area contributed by atoms with Crippen LogP contribution in [-0.2, 0) is 120 Å². The van der Waals surface area contributed by atoms with Gasteiger partial charge in [-0.15, -0.1) is 0 Å². The molecule has 0 aliphatic carbocycles. The van der Waals surface area contributed by atoms with Crippen molar-refractivity contribution < 1.29 is 120 Å². The Balaban J connectivity index is 0.622. The first-order valence-electron chi connectivity index (χ1n) is 50.9. The highest BCUT2D eigenvalue weighted by Gasteiger charge is 2.59. The Morgan fingerprint density at radius 2 is 0.390 bits per heavy atom. The van der Waals surface area contributed by atoms with Crippen LogP contribution in [0.5, 0.6) is 0 Å². The van der Waals surface area contributed by atoms with Crippen LogP contribution in [-0.4, -0.2) is 437 Å². The topological polar surface area (TPSA) is 570 Å². The smallest absolute Gasteiger partial charge is 0.246 e. The maximum absolute atomic E-state index is 15.8. The van der Waals surface area contributed by atoms with Gasteiger partial charge in [-0.3, -0.25) is 95.9 Å². The van der Waals surface area contributed by atoms with Crippen LogP contribution in [0.1, 0.15) is 225 Å². The Morgan fingerprint density at radius 3 is 0.567 bits per heavy atom. The molecule has 15 fully saturated rings. The number of nitrogens with two attached hydrogens (primary N) is 1. The fourth-order valence-electron chi connectivity index (χ4n) is 24.7. The highest BCUT2D eigenvalue weighted by Crippen LogP contribution is 2.40. The molecule has 15 aliphatic rings. The fraction of sp³-hybridized carbons (Fsp3) is 0.737. The van der Waals surface area contributed by atoms with Crippen LogP contribution in [0.3, 0.4) is 0 Å². The van der Waals surface area contributed by atoms with Gasteiger partial charge in [0, 0.05) is 186 Å². The van der Waals surface area contributed by atoms with E-state index in [2.05, 4.69) is 31.9 Å². The summed E-state index contributed by atoms with van der Waals surface area (Å²) in [4.78, 5) is 369. The normalized spacial score (nSPS) is 30.2. The first kappa shape index (κ1) is 103. The van der Waals surface area contributed by atoms with E-state index in [0.717, 1.165) is 6.42 Å². The second-order valence-corrected chi connectivity index (χ2v) is 40.3. The molecule has 0 aromatic rings. The van der Waals surface area contributed by atoms with Gasteiger partial charge in [0.25, 0.3) is 0 Å². The third kappa shape index (κ3) is 22.3. The third-order valence-electron chi connectivity index (χ3n) is 31.4. The number of likely N-dealkylation sites (tertiary alicyclic amines) is 14. The number of hydrogen-bond donors (Lipinski definition) is 7. The van der Waals surface area contributed by atoms with Crippen molar-refractivity contribution in [3.05, 3.63) is 0 Å². The van der Waals surface area contributed by atoms with E-state index in [1.165, 1.54) is 68.6 Å². The van der Waals surface area contributed by atoms with Gasteiger partial charge >= 0.3 is 0 Å². The molecule has 0 bridgehead atoms. The summed E-state index contributed by atoms with van der Waals surface area (Å²) in [6.07, 6.45) is 6.90. The minimum absolute atomic E-state index is 0.00351. The van der Waals surface area contributed by atoms with Gasteiger partial charge in [-0.05, 0) is 167 Å². The molecule has 46 heteroatoms. The van der Waals surface area contributed by atoms with Crippen LogP contribution in [0.25, 0.3) is 0 Å². The zero-order valence-corrected chi connectivity index (χ0v) is 79.8. The van der Waals surface area contributed by atoms with Crippen molar-refractivity contribution in [1.82, 2.24) is 100 Å². The number of rotatable bonds is 35. The molecule has 15 saturated heterocycles. The Hall–Kier alpha value is -12.3. The minimum Gasteiger partial charge on any atom is -0.368 e. The summed E-state index contributed by atoms with van der Waals surface area (Å²) in [6.45, 7) is 0.411. The minimum atomic E-state index is -1.37. The average Bonchev–Trinajstić information content (AvgIpc) is 1.62. The number of amides is 20. The van der Waals surface area contributed by atoms with Gasteiger partial charge in [0.05, 0.1) is 6.04 Å². The Morgan fingerprint density at radius 1 is 0.220 bits per heavy atom. The van der Waals surface area contributed by atoms with Crippen molar-refractivity contribution in [2.45, 2.75) is 346 Å². The molecule has 768 valence electrons. The Bertz CT molecular complexity index is 4810. The first-order chi connectivity index (χ1) is 67.9. The second kappa shape index (κ2) is 46.2. The van der Waals surface area contributed by atoms with Gasteiger partial charge in [0.2, 0.25) is 118 Å². The molecule has 0 radical (unpaired) electrons. The lowest BCUT2D eigenvalue weighted by atomic mass is 10.1. The number of nitrogens with zero attached hydrogens (tertiary/aromatic N) is 14. The maximum Gasteiger partial charge on any atom is 0.246 e. The summed E-state index contributed by atoms with van der Waals surface area (Å²) in [7, 11) is 0. The summed E-state index contributed by atoms with van der Waals surface area (Å²) < 4.78 is 0. The molecule has 20 atom stereocenters. The molecular formula is C95H133N21O25. The highest BCUT2D eigenvalue weighted by atomic mass is 16.2. The van der Waals surface area contributed by atoms with E-state index in [1.807, 2.05) is 0 Å². The van der Waals surface area contributed by atoms with Crippen LogP contribution in [0.15, 0.2) is 0 Å². The van der Waals surface area contributed by atoms with Gasteiger partial charge in [-0.2, -0.15) is 0 Å². The van der Waals surface area contributed by atoms with E-state index in [1.54, 1.807) is 0 Å². The van der Waals surface area contributed by atoms with Crippen molar-refractivity contribution in [2.24, 2.45) is 5.73 Å².